The van der Waals surface area contributed by atoms with Crippen LogP contribution in [0.4, 0.5) is 0 Å². The van der Waals surface area contributed by atoms with E-state index in [-0.39, 0.29) is 0 Å². The topological polar surface area (TPSA) is 30.9 Å². The summed E-state index contributed by atoms with van der Waals surface area (Å²) in [7, 11) is -0.239. The average molecular weight is 292 g/mol. The van der Waals surface area contributed by atoms with Crippen molar-refractivity contribution in [2.24, 2.45) is 0 Å². The Morgan fingerprint density at radius 2 is 1.26 bits per heavy atom. The van der Waals surface area contributed by atoms with Crippen LogP contribution in [-0.2, 0) is 13.3 Å². The van der Waals surface area contributed by atoms with Crippen molar-refractivity contribution in [2.45, 2.75) is 53.0 Å². The van der Waals surface area contributed by atoms with Gasteiger partial charge in [0.2, 0.25) is 0 Å². The van der Waals surface area contributed by atoms with Gasteiger partial charge in [-0.1, -0.05) is 13.3 Å². The van der Waals surface area contributed by atoms with Gasteiger partial charge in [0.1, 0.15) is 0 Å². The van der Waals surface area contributed by atoms with E-state index >= 15 is 0 Å². The summed E-state index contributed by atoms with van der Waals surface area (Å²) < 4.78 is 17.5. The minimum absolute atomic E-state index is 0.665. The van der Waals surface area contributed by atoms with Crippen LogP contribution in [0.5, 0.6) is 0 Å². The van der Waals surface area contributed by atoms with Crippen LogP contribution in [0.15, 0.2) is 0 Å². The van der Waals surface area contributed by atoms with Gasteiger partial charge in [0.15, 0.2) is 0 Å². The van der Waals surface area contributed by atoms with Crippen LogP contribution >= 0.6 is 0 Å². The molecule has 0 bridgehead atoms. The summed E-state index contributed by atoms with van der Waals surface area (Å²) in [6, 6.07) is 0.916. The number of rotatable bonds is 13. The van der Waals surface area contributed by atoms with E-state index in [0.717, 1.165) is 19.0 Å². The van der Waals surface area contributed by atoms with Crippen LogP contribution in [0.2, 0.25) is 6.04 Å². The zero-order valence-corrected chi connectivity index (χ0v) is 14.5. The first-order valence-corrected chi connectivity index (χ1v) is 9.67. The highest BCUT2D eigenvalue weighted by Gasteiger charge is 2.39. The molecule has 0 aromatic heterocycles. The molecular formula is C14H33NO3Si. The maximum absolute atomic E-state index is 5.85. The van der Waals surface area contributed by atoms with Crippen molar-refractivity contribution in [1.82, 2.24) is 4.90 Å². The first-order valence-electron chi connectivity index (χ1n) is 7.74. The zero-order valence-electron chi connectivity index (χ0n) is 13.5. The molecule has 0 aromatic rings. The van der Waals surface area contributed by atoms with Gasteiger partial charge in [-0.15, -0.1) is 0 Å². The second-order valence-electron chi connectivity index (χ2n) is 4.74. The summed E-state index contributed by atoms with van der Waals surface area (Å²) in [6.07, 6.45) is 3.59. The first-order chi connectivity index (χ1) is 9.14. The van der Waals surface area contributed by atoms with Crippen LogP contribution in [0, 0.1) is 0 Å². The van der Waals surface area contributed by atoms with Gasteiger partial charge >= 0.3 is 8.80 Å². The highest BCUT2D eigenvalue weighted by molar-refractivity contribution is 6.60. The molecule has 0 aromatic carbocycles. The van der Waals surface area contributed by atoms with Crippen molar-refractivity contribution in [1.29, 1.82) is 0 Å². The average Bonchev–Trinajstić information content (AvgIpc) is 2.37. The molecule has 0 saturated carbocycles. The third-order valence-corrected chi connectivity index (χ3v) is 6.16. The molecule has 0 atom stereocenters. The van der Waals surface area contributed by atoms with Gasteiger partial charge < -0.3 is 18.2 Å². The minimum Gasteiger partial charge on any atom is -0.374 e. The lowest BCUT2D eigenvalue weighted by atomic mass is 10.3. The number of hydrogen-bond acceptors (Lipinski definition) is 4. The molecule has 0 fully saturated rings. The molecule has 0 aliphatic carbocycles. The molecule has 0 radical (unpaired) electrons. The van der Waals surface area contributed by atoms with E-state index in [1.54, 1.807) is 0 Å². The fraction of sp³-hybridized carbons (Fsp3) is 1.00. The van der Waals surface area contributed by atoms with Gasteiger partial charge in [-0.05, 0) is 53.8 Å². The van der Waals surface area contributed by atoms with Gasteiger partial charge in [0, 0.05) is 25.9 Å². The second-order valence-corrected chi connectivity index (χ2v) is 7.47. The smallest absolute Gasteiger partial charge is 0.374 e. The predicted octanol–water partition coefficient (Wildman–Crippen LogP) is 3.16. The zero-order chi connectivity index (χ0) is 14.6. The SMILES string of the molecule is CCCCN(C)CCC[Si](OCC)(OCC)OCC. The molecule has 5 heteroatoms. The highest BCUT2D eigenvalue weighted by Crippen LogP contribution is 2.18. The van der Waals surface area contributed by atoms with E-state index in [0.29, 0.717) is 19.8 Å². The Bertz CT molecular complexity index is 188. The molecule has 4 nitrogen and oxygen atoms in total. The van der Waals surface area contributed by atoms with E-state index in [1.165, 1.54) is 19.4 Å². The molecule has 0 rings (SSSR count). The van der Waals surface area contributed by atoms with Crippen LogP contribution in [0.3, 0.4) is 0 Å². The van der Waals surface area contributed by atoms with E-state index in [4.69, 9.17) is 13.3 Å². The summed E-state index contributed by atoms with van der Waals surface area (Å²) in [4.78, 5) is 2.38. The lowest BCUT2D eigenvalue weighted by Gasteiger charge is -2.29. The Kier molecular flexibility index (Phi) is 11.9. The summed E-state index contributed by atoms with van der Waals surface area (Å²) in [5.41, 5.74) is 0. The Labute approximate surface area is 120 Å². The highest BCUT2D eigenvalue weighted by atomic mass is 28.4. The summed E-state index contributed by atoms with van der Waals surface area (Å²) >= 11 is 0. The van der Waals surface area contributed by atoms with Gasteiger partial charge in [0.05, 0.1) is 0 Å². The van der Waals surface area contributed by atoms with Crippen LogP contribution in [-0.4, -0.2) is 53.7 Å². The molecule has 0 aliphatic rings. The van der Waals surface area contributed by atoms with E-state index in [9.17, 15) is 0 Å². The quantitative estimate of drug-likeness (QED) is 0.488. The lowest BCUT2D eigenvalue weighted by molar-refractivity contribution is 0.0701. The Balaban J connectivity index is 4.15. The van der Waals surface area contributed by atoms with Crippen molar-refractivity contribution in [2.75, 3.05) is 40.0 Å². The van der Waals surface area contributed by atoms with Crippen molar-refractivity contribution in [3.63, 3.8) is 0 Å². The lowest BCUT2D eigenvalue weighted by Crippen LogP contribution is -2.46. The monoisotopic (exact) mass is 291 g/mol. The maximum Gasteiger partial charge on any atom is 0.500 e. The van der Waals surface area contributed by atoms with Crippen molar-refractivity contribution in [3.8, 4) is 0 Å². The Hall–Kier alpha value is 0.0569. The molecule has 0 unspecified atom stereocenters. The Morgan fingerprint density at radius 3 is 1.68 bits per heavy atom. The standard InChI is InChI=1S/C14H33NO3Si/c1-6-10-12-15(5)13-11-14-19(16-7-2,17-8-3)18-9-4/h6-14H2,1-5H3. The molecule has 0 aliphatic heterocycles. The summed E-state index contributed by atoms with van der Waals surface area (Å²) in [5.74, 6) is 0. The van der Waals surface area contributed by atoms with Gasteiger partial charge in [0.25, 0.3) is 0 Å². The molecule has 0 heterocycles. The molecule has 116 valence electrons. The Morgan fingerprint density at radius 1 is 0.789 bits per heavy atom. The van der Waals surface area contributed by atoms with Gasteiger partial charge in [-0.2, -0.15) is 0 Å². The first kappa shape index (κ1) is 19.1. The van der Waals surface area contributed by atoms with E-state index in [1.807, 2.05) is 20.8 Å². The van der Waals surface area contributed by atoms with Gasteiger partial charge in [-0.3, -0.25) is 0 Å². The van der Waals surface area contributed by atoms with Crippen LogP contribution in [0.25, 0.3) is 0 Å². The molecule has 0 spiro atoms. The van der Waals surface area contributed by atoms with Crippen LogP contribution in [0.1, 0.15) is 47.0 Å². The predicted molar refractivity (Wildman–Crippen MR) is 82.5 cm³/mol. The number of hydrogen-bond donors (Lipinski definition) is 0. The molecular weight excluding hydrogens is 258 g/mol. The third kappa shape index (κ3) is 8.76. The maximum atomic E-state index is 5.85. The summed E-state index contributed by atoms with van der Waals surface area (Å²) in [5, 5.41) is 0. The summed E-state index contributed by atoms with van der Waals surface area (Å²) in [6.45, 7) is 12.5. The normalized spacial score (nSPS) is 12.3. The van der Waals surface area contributed by atoms with E-state index in [2.05, 4.69) is 18.9 Å². The van der Waals surface area contributed by atoms with Gasteiger partial charge in [-0.25, -0.2) is 0 Å². The number of unbranched alkanes of at least 4 members (excludes halogenated alkanes) is 1. The van der Waals surface area contributed by atoms with Crippen molar-refractivity contribution < 1.29 is 13.3 Å². The number of nitrogens with zero attached hydrogens (tertiary/aromatic N) is 1. The third-order valence-electron chi connectivity index (χ3n) is 3.01. The van der Waals surface area contributed by atoms with Crippen molar-refractivity contribution >= 4 is 8.80 Å². The molecule has 0 amide bonds. The van der Waals surface area contributed by atoms with Crippen LogP contribution < -0.4 is 0 Å². The molecule has 0 saturated heterocycles. The second kappa shape index (κ2) is 11.8. The van der Waals surface area contributed by atoms with E-state index < -0.39 is 8.80 Å². The van der Waals surface area contributed by atoms with Crippen molar-refractivity contribution in [3.05, 3.63) is 0 Å². The fourth-order valence-electron chi connectivity index (χ4n) is 2.11. The minimum atomic E-state index is -2.42. The molecule has 0 N–H and O–H groups in total. The fourth-order valence-corrected chi connectivity index (χ4v) is 4.70. The largest absolute Gasteiger partial charge is 0.500 e. The molecule has 19 heavy (non-hydrogen) atoms.